The lowest BCUT2D eigenvalue weighted by molar-refractivity contribution is -0.137. The predicted molar refractivity (Wildman–Crippen MR) is 102 cm³/mol. The van der Waals surface area contributed by atoms with Gasteiger partial charge in [0.15, 0.2) is 0 Å². The zero-order valence-corrected chi connectivity index (χ0v) is 16.0. The summed E-state index contributed by atoms with van der Waals surface area (Å²) in [5.74, 6) is -0.648. The lowest BCUT2D eigenvalue weighted by atomic mass is 9.97. The Kier molecular flexibility index (Phi) is 7.06. The number of rotatable bonds is 4. The summed E-state index contributed by atoms with van der Waals surface area (Å²) in [6.07, 6.45) is -3.66. The first kappa shape index (κ1) is 22.2. The number of benzene rings is 2. The Morgan fingerprint density at radius 1 is 1.21 bits per heavy atom. The number of hydrogen-bond acceptors (Lipinski definition) is 2. The summed E-state index contributed by atoms with van der Waals surface area (Å²) in [5, 5.41) is 3.07. The van der Waals surface area contributed by atoms with E-state index in [-0.39, 0.29) is 29.4 Å². The monoisotopic (exact) mass is 416 g/mol. The Bertz CT molecular complexity index is 841. The van der Waals surface area contributed by atoms with Crippen LogP contribution in [0.1, 0.15) is 22.3 Å². The van der Waals surface area contributed by atoms with Crippen molar-refractivity contribution in [3.05, 3.63) is 59.4 Å². The molecular formula is C20H21ClF4N2O. The van der Waals surface area contributed by atoms with E-state index in [1.165, 1.54) is 18.2 Å². The van der Waals surface area contributed by atoms with Crippen LogP contribution in [0, 0.1) is 11.7 Å². The minimum absolute atomic E-state index is 0. The molecule has 152 valence electrons. The average Bonchev–Trinajstić information content (AvgIpc) is 3.09. The van der Waals surface area contributed by atoms with Crippen LogP contribution in [-0.2, 0) is 6.18 Å². The fraction of sp³-hybridized carbons (Fsp3) is 0.350. The van der Waals surface area contributed by atoms with Crippen LogP contribution in [0.4, 0.5) is 17.6 Å². The molecule has 2 aromatic rings. The molecule has 0 aromatic heterocycles. The molecule has 2 aromatic carbocycles. The van der Waals surface area contributed by atoms with Gasteiger partial charge in [0.1, 0.15) is 5.82 Å². The van der Waals surface area contributed by atoms with E-state index in [0.29, 0.717) is 24.6 Å². The molecule has 0 aliphatic carbocycles. The van der Waals surface area contributed by atoms with Gasteiger partial charge in [-0.25, -0.2) is 4.39 Å². The molecule has 3 nitrogen and oxygen atoms in total. The SMILES string of the molecule is CNCC1CCN(C(=O)c2cc(F)ccc2-c2cccc(C(F)(F)F)c2)C1.Cl. The van der Waals surface area contributed by atoms with Crippen LogP contribution in [0.25, 0.3) is 11.1 Å². The number of alkyl halides is 3. The second-order valence-electron chi connectivity index (χ2n) is 6.73. The second-order valence-corrected chi connectivity index (χ2v) is 6.73. The maximum absolute atomic E-state index is 13.8. The summed E-state index contributed by atoms with van der Waals surface area (Å²) < 4.78 is 52.9. The summed E-state index contributed by atoms with van der Waals surface area (Å²) in [5.41, 5.74) is -0.193. The molecule has 1 aliphatic rings. The first-order valence-electron chi connectivity index (χ1n) is 8.70. The van der Waals surface area contributed by atoms with Gasteiger partial charge in [-0.2, -0.15) is 13.2 Å². The fourth-order valence-corrected chi connectivity index (χ4v) is 3.45. The summed E-state index contributed by atoms with van der Waals surface area (Å²) in [4.78, 5) is 14.6. The standard InChI is InChI=1S/C20H20F4N2O.ClH/c1-25-11-13-7-8-26(12-13)19(27)18-10-16(21)5-6-17(18)14-3-2-4-15(9-14)20(22,23)24;/h2-6,9-10,13,25H,7-8,11-12H2,1H3;1H. The Morgan fingerprint density at radius 3 is 2.64 bits per heavy atom. The first-order valence-corrected chi connectivity index (χ1v) is 8.70. The Balaban J connectivity index is 0.00000280. The number of carbonyl (C=O) groups is 1. The van der Waals surface area contributed by atoms with Gasteiger partial charge in [-0.1, -0.05) is 18.2 Å². The van der Waals surface area contributed by atoms with Crippen LogP contribution < -0.4 is 5.32 Å². The minimum Gasteiger partial charge on any atom is -0.338 e. The number of likely N-dealkylation sites (tertiary alicyclic amines) is 1. The van der Waals surface area contributed by atoms with Gasteiger partial charge in [-0.15, -0.1) is 12.4 Å². The van der Waals surface area contributed by atoms with Crippen LogP contribution in [0.3, 0.4) is 0 Å². The highest BCUT2D eigenvalue weighted by atomic mass is 35.5. The number of halogens is 5. The third-order valence-electron chi connectivity index (χ3n) is 4.78. The van der Waals surface area contributed by atoms with E-state index < -0.39 is 17.6 Å². The molecule has 1 fully saturated rings. The van der Waals surface area contributed by atoms with Gasteiger partial charge >= 0.3 is 6.18 Å². The average molecular weight is 417 g/mol. The van der Waals surface area contributed by atoms with Gasteiger partial charge in [0, 0.05) is 13.1 Å². The van der Waals surface area contributed by atoms with Crippen molar-refractivity contribution in [1.29, 1.82) is 0 Å². The Hall–Kier alpha value is -2.12. The van der Waals surface area contributed by atoms with Crippen LogP contribution in [0.2, 0.25) is 0 Å². The summed E-state index contributed by atoms with van der Waals surface area (Å²) in [7, 11) is 1.84. The number of carbonyl (C=O) groups excluding carboxylic acids is 1. The number of hydrogen-bond donors (Lipinski definition) is 1. The van der Waals surface area contributed by atoms with Crippen LogP contribution in [0.5, 0.6) is 0 Å². The Labute approximate surface area is 167 Å². The zero-order valence-electron chi connectivity index (χ0n) is 15.2. The molecule has 1 atom stereocenters. The van der Waals surface area contributed by atoms with Gasteiger partial charge in [-0.05, 0) is 61.3 Å². The van der Waals surface area contributed by atoms with Crippen molar-refractivity contribution in [2.24, 2.45) is 5.92 Å². The number of amides is 1. The molecule has 1 N–H and O–H groups in total. The highest BCUT2D eigenvalue weighted by Gasteiger charge is 2.31. The number of nitrogens with zero attached hydrogens (tertiary/aromatic N) is 1. The summed E-state index contributed by atoms with van der Waals surface area (Å²) >= 11 is 0. The van der Waals surface area contributed by atoms with Crippen molar-refractivity contribution >= 4 is 18.3 Å². The molecule has 0 spiro atoms. The van der Waals surface area contributed by atoms with E-state index in [2.05, 4.69) is 5.32 Å². The van der Waals surface area contributed by atoms with Crippen LogP contribution >= 0.6 is 12.4 Å². The molecular weight excluding hydrogens is 396 g/mol. The predicted octanol–water partition coefficient (Wildman–Crippen LogP) is 4.61. The van der Waals surface area contributed by atoms with E-state index in [1.807, 2.05) is 7.05 Å². The van der Waals surface area contributed by atoms with Crippen molar-refractivity contribution in [3.8, 4) is 11.1 Å². The quantitative estimate of drug-likeness (QED) is 0.738. The molecule has 1 saturated heterocycles. The molecule has 28 heavy (non-hydrogen) atoms. The number of nitrogens with one attached hydrogen (secondary N) is 1. The Morgan fingerprint density at radius 2 is 1.96 bits per heavy atom. The molecule has 8 heteroatoms. The van der Waals surface area contributed by atoms with Crippen LogP contribution in [-0.4, -0.2) is 37.5 Å². The summed E-state index contributed by atoms with van der Waals surface area (Å²) in [6.45, 7) is 1.86. The molecule has 3 rings (SSSR count). The lowest BCUT2D eigenvalue weighted by Gasteiger charge is -2.19. The molecule has 0 bridgehead atoms. The molecule has 1 aliphatic heterocycles. The fourth-order valence-electron chi connectivity index (χ4n) is 3.45. The largest absolute Gasteiger partial charge is 0.416 e. The highest BCUT2D eigenvalue weighted by molar-refractivity contribution is 6.01. The third-order valence-corrected chi connectivity index (χ3v) is 4.78. The van der Waals surface area contributed by atoms with Gasteiger partial charge in [0.05, 0.1) is 11.1 Å². The summed E-state index contributed by atoms with van der Waals surface area (Å²) in [6, 6.07) is 8.35. The zero-order chi connectivity index (χ0) is 19.6. The van der Waals surface area contributed by atoms with Crippen molar-refractivity contribution < 1.29 is 22.4 Å². The lowest BCUT2D eigenvalue weighted by Crippen LogP contribution is -2.30. The van der Waals surface area contributed by atoms with Gasteiger partial charge in [-0.3, -0.25) is 4.79 Å². The van der Waals surface area contributed by atoms with Gasteiger partial charge in [0.2, 0.25) is 0 Å². The minimum atomic E-state index is -4.49. The smallest absolute Gasteiger partial charge is 0.338 e. The molecule has 1 unspecified atom stereocenters. The van der Waals surface area contributed by atoms with Crippen molar-refractivity contribution in [3.63, 3.8) is 0 Å². The van der Waals surface area contributed by atoms with E-state index in [0.717, 1.165) is 37.2 Å². The second kappa shape index (κ2) is 8.92. The van der Waals surface area contributed by atoms with E-state index >= 15 is 0 Å². The van der Waals surface area contributed by atoms with Crippen molar-refractivity contribution in [1.82, 2.24) is 10.2 Å². The molecule has 0 radical (unpaired) electrons. The van der Waals surface area contributed by atoms with Gasteiger partial charge in [0.25, 0.3) is 5.91 Å². The first-order chi connectivity index (χ1) is 12.8. The van der Waals surface area contributed by atoms with E-state index in [1.54, 1.807) is 4.90 Å². The van der Waals surface area contributed by atoms with Crippen molar-refractivity contribution in [2.45, 2.75) is 12.6 Å². The van der Waals surface area contributed by atoms with Crippen LogP contribution in [0.15, 0.2) is 42.5 Å². The third kappa shape index (κ3) is 4.83. The normalized spacial score (nSPS) is 16.8. The van der Waals surface area contributed by atoms with Gasteiger partial charge < -0.3 is 10.2 Å². The molecule has 0 saturated carbocycles. The highest BCUT2D eigenvalue weighted by Crippen LogP contribution is 2.34. The van der Waals surface area contributed by atoms with E-state index in [4.69, 9.17) is 0 Å². The maximum atomic E-state index is 13.8. The van der Waals surface area contributed by atoms with E-state index in [9.17, 15) is 22.4 Å². The molecule has 1 amide bonds. The maximum Gasteiger partial charge on any atom is 0.416 e. The van der Waals surface area contributed by atoms with Crippen molar-refractivity contribution in [2.75, 3.05) is 26.7 Å². The molecule has 1 heterocycles. The topological polar surface area (TPSA) is 32.3 Å².